The lowest BCUT2D eigenvalue weighted by molar-refractivity contribution is 0.0194. The number of halogens is 1. The second-order valence-corrected chi connectivity index (χ2v) is 4.97. The van der Waals surface area contributed by atoms with Crippen LogP contribution in [0, 0.1) is 0 Å². The summed E-state index contributed by atoms with van der Waals surface area (Å²) in [6.07, 6.45) is 0.327. The fourth-order valence-electron chi connectivity index (χ4n) is 2.61. The Morgan fingerprint density at radius 2 is 1.60 bits per heavy atom. The number of piperidine rings is 1. The van der Waals surface area contributed by atoms with Crippen molar-refractivity contribution in [2.75, 3.05) is 53.4 Å². The van der Waals surface area contributed by atoms with Crippen LogP contribution in [-0.4, -0.2) is 80.3 Å². The van der Waals surface area contributed by atoms with Crippen LogP contribution >= 0.6 is 0 Å². The topological polar surface area (TPSA) is 9.72 Å². The van der Waals surface area contributed by atoms with Crippen LogP contribution in [0.4, 0.5) is 4.39 Å². The van der Waals surface area contributed by atoms with E-state index in [2.05, 4.69) is 21.7 Å². The van der Waals surface area contributed by atoms with Gasteiger partial charge in [0.2, 0.25) is 0 Å². The molecule has 4 heteroatoms. The van der Waals surface area contributed by atoms with Crippen molar-refractivity contribution in [2.24, 2.45) is 0 Å². The van der Waals surface area contributed by atoms with E-state index >= 15 is 0 Å². The van der Waals surface area contributed by atoms with Crippen LogP contribution in [0.25, 0.3) is 0 Å². The number of hydrogen-bond acceptors (Lipinski definition) is 3. The lowest BCUT2D eigenvalue weighted by Crippen LogP contribution is -2.56. The fraction of sp³-hybridized carbons (Fsp3) is 1.00. The Labute approximate surface area is 91.8 Å². The number of likely N-dealkylation sites (tertiary alicyclic amines) is 1. The molecule has 0 aromatic heterocycles. The van der Waals surface area contributed by atoms with Crippen LogP contribution < -0.4 is 0 Å². The highest BCUT2D eigenvalue weighted by Gasteiger charge is 2.33. The number of nitrogens with zero attached hydrogens (tertiary/aromatic N) is 3. The largest absolute Gasteiger partial charge is 0.304 e. The lowest BCUT2D eigenvalue weighted by atomic mass is 10.0. The maximum Gasteiger partial charge on any atom is 0.128 e. The molecule has 0 N–H and O–H groups in total. The van der Waals surface area contributed by atoms with Crippen molar-refractivity contribution in [2.45, 2.75) is 18.6 Å². The van der Waals surface area contributed by atoms with Gasteiger partial charge in [-0.2, -0.15) is 0 Å². The number of likely N-dealkylation sites (N-methyl/N-ethyl adjacent to an activating group) is 1. The lowest BCUT2D eigenvalue weighted by Gasteiger charge is -2.42. The highest BCUT2D eigenvalue weighted by molar-refractivity contribution is 4.88. The molecule has 15 heavy (non-hydrogen) atoms. The Balaban J connectivity index is 1.87. The summed E-state index contributed by atoms with van der Waals surface area (Å²) >= 11 is 0. The molecule has 0 radical (unpaired) electrons. The van der Waals surface area contributed by atoms with Crippen molar-refractivity contribution in [1.29, 1.82) is 0 Å². The summed E-state index contributed by atoms with van der Waals surface area (Å²) in [5, 5.41) is 0. The molecular weight excluding hydrogens is 193 g/mol. The third-order valence-electron chi connectivity index (χ3n) is 3.72. The Bertz CT molecular complexity index is 204. The van der Waals surface area contributed by atoms with Crippen molar-refractivity contribution >= 4 is 0 Å². The van der Waals surface area contributed by atoms with Gasteiger partial charge in [0.05, 0.1) is 0 Å². The van der Waals surface area contributed by atoms with Crippen LogP contribution in [0.5, 0.6) is 0 Å². The zero-order valence-electron chi connectivity index (χ0n) is 9.82. The minimum Gasteiger partial charge on any atom is -0.304 e. The van der Waals surface area contributed by atoms with Crippen LogP contribution in [0.3, 0.4) is 0 Å². The first kappa shape index (κ1) is 11.3. The first-order valence-electron chi connectivity index (χ1n) is 5.92. The Morgan fingerprint density at radius 1 is 0.933 bits per heavy atom. The van der Waals surface area contributed by atoms with E-state index in [4.69, 9.17) is 0 Å². The van der Waals surface area contributed by atoms with Gasteiger partial charge in [-0.25, -0.2) is 4.39 Å². The average molecular weight is 215 g/mol. The Kier molecular flexibility index (Phi) is 3.59. The fourth-order valence-corrected chi connectivity index (χ4v) is 2.61. The second-order valence-electron chi connectivity index (χ2n) is 4.97. The minimum atomic E-state index is -0.660. The smallest absolute Gasteiger partial charge is 0.128 e. The summed E-state index contributed by atoms with van der Waals surface area (Å²) in [6.45, 7) is 5.88. The monoisotopic (exact) mass is 215 g/mol. The molecule has 2 rings (SSSR count). The summed E-state index contributed by atoms with van der Waals surface area (Å²) in [6, 6.07) is 0.176. The average Bonchev–Trinajstić information content (AvgIpc) is 2.20. The number of alkyl halides is 1. The van der Waals surface area contributed by atoms with Gasteiger partial charge in [0.25, 0.3) is 0 Å². The van der Waals surface area contributed by atoms with Gasteiger partial charge in [0, 0.05) is 38.8 Å². The van der Waals surface area contributed by atoms with E-state index < -0.39 is 6.17 Å². The molecule has 0 aliphatic carbocycles. The SMILES string of the molecule is CN1CCN(C2CCN(C)CC2F)CC1. The van der Waals surface area contributed by atoms with Crippen molar-refractivity contribution in [3.8, 4) is 0 Å². The Morgan fingerprint density at radius 3 is 2.20 bits per heavy atom. The van der Waals surface area contributed by atoms with E-state index in [0.29, 0.717) is 6.54 Å². The van der Waals surface area contributed by atoms with Crippen molar-refractivity contribution < 1.29 is 4.39 Å². The van der Waals surface area contributed by atoms with Crippen molar-refractivity contribution in [1.82, 2.24) is 14.7 Å². The number of hydrogen-bond donors (Lipinski definition) is 0. The molecule has 2 unspecified atom stereocenters. The first-order valence-corrected chi connectivity index (χ1v) is 5.92. The van der Waals surface area contributed by atoms with E-state index in [-0.39, 0.29) is 6.04 Å². The molecule has 2 atom stereocenters. The molecule has 88 valence electrons. The van der Waals surface area contributed by atoms with Gasteiger partial charge in [-0.3, -0.25) is 4.90 Å². The predicted molar refractivity (Wildman–Crippen MR) is 59.9 cm³/mol. The van der Waals surface area contributed by atoms with E-state index in [1.54, 1.807) is 0 Å². The standard InChI is InChI=1S/C11H22FN3/c1-13-5-7-15(8-6-13)11-3-4-14(2)9-10(11)12/h10-11H,3-9H2,1-2H3. The summed E-state index contributed by atoms with van der Waals surface area (Å²) in [4.78, 5) is 6.76. The maximum atomic E-state index is 13.9. The summed E-state index contributed by atoms with van der Waals surface area (Å²) in [5.41, 5.74) is 0. The van der Waals surface area contributed by atoms with Gasteiger partial charge in [0.1, 0.15) is 6.17 Å². The third-order valence-corrected chi connectivity index (χ3v) is 3.72. The molecule has 2 aliphatic rings. The summed E-state index contributed by atoms with van der Waals surface area (Å²) in [7, 11) is 4.14. The quantitative estimate of drug-likeness (QED) is 0.622. The van der Waals surface area contributed by atoms with Gasteiger partial charge in [0.15, 0.2) is 0 Å². The number of rotatable bonds is 1. The maximum absolute atomic E-state index is 13.9. The molecule has 0 amide bonds. The van der Waals surface area contributed by atoms with E-state index in [0.717, 1.165) is 39.1 Å². The molecule has 0 aromatic rings. The van der Waals surface area contributed by atoms with Gasteiger partial charge in [-0.1, -0.05) is 0 Å². The van der Waals surface area contributed by atoms with E-state index in [9.17, 15) is 4.39 Å². The zero-order valence-corrected chi connectivity index (χ0v) is 9.82. The van der Waals surface area contributed by atoms with Gasteiger partial charge in [-0.05, 0) is 27.1 Å². The van der Waals surface area contributed by atoms with E-state index in [1.165, 1.54) is 0 Å². The number of piperazine rings is 1. The van der Waals surface area contributed by atoms with Gasteiger partial charge >= 0.3 is 0 Å². The van der Waals surface area contributed by atoms with Crippen LogP contribution in [0.1, 0.15) is 6.42 Å². The van der Waals surface area contributed by atoms with Crippen molar-refractivity contribution in [3.05, 3.63) is 0 Å². The molecule has 2 heterocycles. The zero-order chi connectivity index (χ0) is 10.8. The van der Waals surface area contributed by atoms with Crippen LogP contribution in [0.15, 0.2) is 0 Å². The molecule has 2 aliphatic heterocycles. The van der Waals surface area contributed by atoms with Crippen molar-refractivity contribution in [3.63, 3.8) is 0 Å². The summed E-state index contributed by atoms with van der Waals surface area (Å²) < 4.78 is 13.9. The molecule has 0 bridgehead atoms. The van der Waals surface area contributed by atoms with Crippen LogP contribution in [-0.2, 0) is 0 Å². The van der Waals surface area contributed by atoms with Crippen LogP contribution in [0.2, 0.25) is 0 Å². The predicted octanol–water partition coefficient (Wildman–Crippen LogP) is 0.276. The molecular formula is C11H22FN3. The normalized spacial score (nSPS) is 37.0. The first-order chi connectivity index (χ1) is 7.16. The summed E-state index contributed by atoms with van der Waals surface area (Å²) in [5.74, 6) is 0. The third kappa shape index (κ3) is 2.68. The molecule has 3 nitrogen and oxygen atoms in total. The highest BCUT2D eigenvalue weighted by Crippen LogP contribution is 2.19. The second kappa shape index (κ2) is 4.76. The van der Waals surface area contributed by atoms with Gasteiger partial charge < -0.3 is 9.80 Å². The Hall–Kier alpha value is -0.190. The molecule has 0 spiro atoms. The molecule has 0 aromatic carbocycles. The van der Waals surface area contributed by atoms with Gasteiger partial charge in [-0.15, -0.1) is 0 Å². The highest BCUT2D eigenvalue weighted by atomic mass is 19.1. The minimum absolute atomic E-state index is 0.176. The molecule has 2 saturated heterocycles. The van der Waals surface area contributed by atoms with E-state index in [1.807, 2.05) is 7.05 Å². The molecule has 0 saturated carbocycles. The molecule has 2 fully saturated rings.